The summed E-state index contributed by atoms with van der Waals surface area (Å²) >= 11 is 1.38. The highest BCUT2D eigenvalue weighted by Gasteiger charge is 2.27. The van der Waals surface area contributed by atoms with Gasteiger partial charge in [-0.3, -0.25) is 4.79 Å². The molecule has 180 valence electrons. The summed E-state index contributed by atoms with van der Waals surface area (Å²) in [5.41, 5.74) is 0.329. The molecule has 0 atom stereocenters. The fourth-order valence-electron chi connectivity index (χ4n) is 3.19. The summed E-state index contributed by atoms with van der Waals surface area (Å²) in [4.78, 5) is 13.7. The van der Waals surface area contributed by atoms with Crippen molar-refractivity contribution < 1.29 is 27.4 Å². The van der Waals surface area contributed by atoms with Crippen molar-refractivity contribution in [2.45, 2.75) is 36.7 Å². The maximum atomic E-state index is 13.0. The second-order valence-electron chi connectivity index (χ2n) is 7.58. The lowest BCUT2D eigenvalue weighted by Crippen LogP contribution is -2.40. The number of benzene rings is 2. The van der Waals surface area contributed by atoms with Gasteiger partial charge in [0, 0.05) is 18.0 Å². The number of carbonyl (C=O) groups excluding carboxylic acids is 1. The molecule has 0 radical (unpaired) electrons. The molecule has 1 N–H and O–H groups in total. The van der Waals surface area contributed by atoms with Gasteiger partial charge in [-0.15, -0.1) is 11.8 Å². The van der Waals surface area contributed by atoms with E-state index in [1.54, 1.807) is 6.07 Å². The minimum Gasteiger partial charge on any atom is -0.494 e. The third-order valence-electron chi connectivity index (χ3n) is 4.70. The summed E-state index contributed by atoms with van der Waals surface area (Å²) in [7, 11) is -3.70. The molecule has 10 heteroatoms. The Balaban J connectivity index is 1.73. The van der Waals surface area contributed by atoms with Crippen molar-refractivity contribution in [3.63, 3.8) is 0 Å². The molecule has 0 aromatic heterocycles. The van der Waals surface area contributed by atoms with Gasteiger partial charge in [0.05, 0.1) is 42.3 Å². The van der Waals surface area contributed by atoms with Gasteiger partial charge in [-0.2, -0.15) is 4.31 Å². The molecule has 2 aromatic rings. The number of hydrogen-bond acceptors (Lipinski definition) is 7. The highest BCUT2D eigenvalue weighted by Crippen LogP contribution is 2.31. The molecule has 0 aliphatic carbocycles. The number of hydrogen-bond donors (Lipinski definition) is 1. The van der Waals surface area contributed by atoms with Gasteiger partial charge in [0.15, 0.2) is 0 Å². The summed E-state index contributed by atoms with van der Waals surface area (Å²) in [6, 6.07) is 12.1. The van der Waals surface area contributed by atoms with E-state index in [4.69, 9.17) is 14.2 Å². The monoisotopic (exact) mass is 494 g/mol. The van der Waals surface area contributed by atoms with Crippen LogP contribution < -0.4 is 14.8 Å². The highest BCUT2D eigenvalue weighted by molar-refractivity contribution is 8.00. The van der Waals surface area contributed by atoms with E-state index in [0.29, 0.717) is 44.3 Å². The largest absolute Gasteiger partial charge is 0.494 e. The van der Waals surface area contributed by atoms with Crippen LogP contribution in [0.4, 0.5) is 5.69 Å². The van der Waals surface area contributed by atoms with Crippen molar-refractivity contribution in [3.8, 4) is 11.5 Å². The minimum absolute atomic E-state index is 0.106. The molecule has 0 spiro atoms. The Kier molecular flexibility index (Phi) is 9.02. The summed E-state index contributed by atoms with van der Waals surface area (Å²) < 4.78 is 44.0. The van der Waals surface area contributed by atoms with Crippen molar-refractivity contribution >= 4 is 33.4 Å². The Hall–Kier alpha value is -2.27. The topological polar surface area (TPSA) is 94.2 Å². The van der Waals surface area contributed by atoms with Crippen molar-refractivity contribution in [3.05, 3.63) is 42.5 Å². The minimum atomic E-state index is -3.70. The van der Waals surface area contributed by atoms with Gasteiger partial charge in [0.1, 0.15) is 11.5 Å². The van der Waals surface area contributed by atoms with Crippen LogP contribution >= 0.6 is 11.8 Å². The van der Waals surface area contributed by atoms with Crippen molar-refractivity contribution in [1.82, 2.24) is 4.31 Å². The third-order valence-corrected chi connectivity index (χ3v) is 7.61. The van der Waals surface area contributed by atoms with Crippen LogP contribution in [0.3, 0.4) is 0 Å². The van der Waals surface area contributed by atoms with Crippen LogP contribution in [0.1, 0.15) is 20.8 Å². The molecule has 1 saturated heterocycles. The van der Waals surface area contributed by atoms with Crippen LogP contribution in [-0.4, -0.2) is 63.4 Å². The third kappa shape index (κ3) is 7.10. The molecule has 1 aliphatic rings. The van der Waals surface area contributed by atoms with Crippen LogP contribution in [0.15, 0.2) is 52.3 Å². The molecule has 1 aliphatic heterocycles. The van der Waals surface area contributed by atoms with Gasteiger partial charge in [-0.05, 0) is 63.2 Å². The summed E-state index contributed by atoms with van der Waals surface area (Å²) in [5.74, 6) is 1.10. The first-order valence-corrected chi connectivity index (χ1v) is 13.3. The quantitative estimate of drug-likeness (QED) is 0.504. The van der Waals surface area contributed by atoms with E-state index in [1.165, 1.54) is 28.2 Å². The predicted molar refractivity (Wildman–Crippen MR) is 129 cm³/mol. The number of morpholine rings is 1. The molecule has 0 saturated carbocycles. The lowest BCUT2D eigenvalue weighted by molar-refractivity contribution is -0.113. The number of ether oxygens (including phenoxy) is 3. The maximum Gasteiger partial charge on any atom is 0.243 e. The SMILES string of the molecule is CCOc1ccc(SCC(=O)Nc2cc(S(=O)(=O)N3CCOCC3)ccc2OC(C)C)cc1. The first-order valence-electron chi connectivity index (χ1n) is 10.8. The van der Waals surface area contributed by atoms with Crippen molar-refractivity contribution in [2.24, 2.45) is 0 Å². The fraction of sp³-hybridized carbons (Fsp3) is 0.435. The van der Waals surface area contributed by atoms with E-state index in [9.17, 15) is 13.2 Å². The lowest BCUT2D eigenvalue weighted by atomic mass is 10.3. The van der Waals surface area contributed by atoms with Crippen LogP contribution in [0, 0.1) is 0 Å². The normalized spacial score (nSPS) is 14.8. The van der Waals surface area contributed by atoms with Gasteiger partial charge in [-0.1, -0.05) is 0 Å². The number of amides is 1. The highest BCUT2D eigenvalue weighted by atomic mass is 32.2. The van der Waals surface area contributed by atoms with E-state index in [1.807, 2.05) is 45.0 Å². The number of nitrogens with one attached hydrogen (secondary N) is 1. The van der Waals surface area contributed by atoms with Gasteiger partial charge in [0.2, 0.25) is 15.9 Å². The Morgan fingerprint density at radius 3 is 2.48 bits per heavy atom. The summed E-state index contributed by atoms with van der Waals surface area (Å²) in [6.07, 6.45) is -0.138. The first-order chi connectivity index (χ1) is 15.8. The second-order valence-corrected chi connectivity index (χ2v) is 10.6. The van der Waals surface area contributed by atoms with E-state index in [-0.39, 0.29) is 22.7 Å². The Morgan fingerprint density at radius 2 is 1.85 bits per heavy atom. The van der Waals surface area contributed by atoms with E-state index in [0.717, 1.165) is 10.6 Å². The number of anilines is 1. The average Bonchev–Trinajstić information content (AvgIpc) is 2.80. The smallest absolute Gasteiger partial charge is 0.243 e. The Labute approximate surface area is 199 Å². The second kappa shape index (κ2) is 11.7. The lowest BCUT2D eigenvalue weighted by Gasteiger charge is -2.26. The van der Waals surface area contributed by atoms with Crippen molar-refractivity contribution in [2.75, 3.05) is 44.0 Å². The zero-order valence-corrected chi connectivity index (χ0v) is 20.7. The number of thioether (sulfide) groups is 1. The number of nitrogens with zero attached hydrogens (tertiary/aromatic N) is 1. The van der Waals surface area contributed by atoms with Crippen LogP contribution in [0.25, 0.3) is 0 Å². The van der Waals surface area contributed by atoms with Gasteiger partial charge < -0.3 is 19.5 Å². The molecule has 0 bridgehead atoms. The fourth-order valence-corrected chi connectivity index (χ4v) is 5.33. The van der Waals surface area contributed by atoms with Crippen LogP contribution in [0.2, 0.25) is 0 Å². The van der Waals surface area contributed by atoms with E-state index in [2.05, 4.69) is 5.32 Å². The molecule has 2 aromatic carbocycles. The zero-order chi connectivity index (χ0) is 23.8. The molecular weight excluding hydrogens is 464 g/mol. The van der Waals surface area contributed by atoms with Gasteiger partial charge in [0.25, 0.3) is 0 Å². The number of rotatable bonds is 10. The first kappa shape index (κ1) is 25.4. The molecule has 1 heterocycles. The van der Waals surface area contributed by atoms with E-state index >= 15 is 0 Å². The molecule has 1 amide bonds. The summed E-state index contributed by atoms with van der Waals surface area (Å²) in [6.45, 7) is 7.57. The summed E-state index contributed by atoms with van der Waals surface area (Å²) in [5, 5.41) is 2.82. The zero-order valence-electron chi connectivity index (χ0n) is 19.1. The van der Waals surface area contributed by atoms with E-state index < -0.39 is 10.0 Å². The molecule has 8 nitrogen and oxygen atoms in total. The maximum absolute atomic E-state index is 13.0. The van der Waals surface area contributed by atoms with Crippen molar-refractivity contribution in [1.29, 1.82) is 0 Å². The molecule has 3 rings (SSSR count). The predicted octanol–water partition coefficient (Wildman–Crippen LogP) is 3.62. The van der Waals surface area contributed by atoms with Gasteiger partial charge in [-0.25, -0.2) is 8.42 Å². The Morgan fingerprint density at radius 1 is 1.15 bits per heavy atom. The number of carbonyl (C=O) groups is 1. The average molecular weight is 495 g/mol. The molecule has 0 unspecified atom stereocenters. The Bertz CT molecular complexity index is 1040. The van der Waals surface area contributed by atoms with Crippen LogP contribution in [-0.2, 0) is 19.6 Å². The number of sulfonamides is 1. The molecular formula is C23H30N2O6S2. The standard InChI is InChI=1S/C23H30N2O6S2/c1-4-30-18-5-7-19(8-6-18)32-16-23(26)24-21-15-20(9-10-22(21)31-17(2)3)33(27,28)25-11-13-29-14-12-25/h5-10,15,17H,4,11-14,16H2,1-3H3,(H,24,26). The molecule has 33 heavy (non-hydrogen) atoms. The van der Waals surface area contributed by atoms with Crippen LogP contribution in [0.5, 0.6) is 11.5 Å². The molecule has 1 fully saturated rings. The van der Waals surface area contributed by atoms with Gasteiger partial charge >= 0.3 is 0 Å².